The number of aliphatic hydroxyl groups is 3. The molecule has 1 aliphatic rings. The molecule has 0 unspecified atom stereocenters. The van der Waals surface area contributed by atoms with Crippen molar-refractivity contribution in [1.82, 2.24) is 0 Å². The van der Waals surface area contributed by atoms with Crippen LogP contribution in [0.4, 0.5) is 0 Å². The van der Waals surface area contributed by atoms with Gasteiger partial charge in [0.25, 0.3) is 0 Å². The van der Waals surface area contributed by atoms with Crippen LogP contribution in [0.5, 0.6) is 0 Å². The molecule has 5 atom stereocenters. The first-order chi connectivity index (χ1) is 12.9. The first-order valence-electron chi connectivity index (χ1n) is 10.2. The molecule has 6 heteroatoms. The van der Waals surface area contributed by atoms with E-state index in [1.807, 2.05) is 0 Å². The van der Waals surface area contributed by atoms with Gasteiger partial charge in [-0.2, -0.15) is 0 Å². The summed E-state index contributed by atoms with van der Waals surface area (Å²) in [6.45, 7) is 2.11. The molecule has 6 nitrogen and oxygen atoms in total. The SMILES string of the molecule is CCCCC[C@H](O)/C=C/[C@@H]1[C@@H](CC(=O)CCCCC(=O)OC)[C@H](O)C[C@H]1O. The van der Waals surface area contributed by atoms with E-state index >= 15 is 0 Å². The fourth-order valence-corrected chi connectivity index (χ4v) is 3.68. The number of methoxy groups -OCH3 is 1. The number of hydrogen-bond acceptors (Lipinski definition) is 6. The normalized spacial score (nSPS) is 26.4. The quantitative estimate of drug-likeness (QED) is 0.256. The van der Waals surface area contributed by atoms with Crippen molar-refractivity contribution in [3.63, 3.8) is 0 Å². The maximum absolute atomic E-state index is 12.2. The number of carbonyl (C=O) groups excluding carboxylic acids is 2. The zero-order chi connectivity index (χ0) is 20.2. The molecular formula is C21H36O6. The zero-order valence-electron chi connectivity index (χ0n) is 16.7. The molecule has 0 radical (unpaired) electrons. The molecule has 1 saturated carbocycles. The summed E-state index contributed by atoms with van der Waals surface area (Å²) < 4.78 is 4.57. The average Bonchev–Trinajstić information content (AvgIpc) is 2.89. The Morgan fingerprint density at radius 1 is 1.11 bits per heavy atom. The third-order valence-electron chi connectivity index (χ3n) is 5.35. The number of hydrogen-bond donors (Lipinski definition) is 3. The topological polar surface area (TPSA) is 104 Å². The van der Waals surface area contributed by atoms with Gasteiger partial charge in [-0.1, -0.05) is 38.3 Å². The molecule has 0 aromatic heterocycles. The Hall–Kier alpha value is -1.24. The predicted octanol–water partition coefficient (Wildman–Crippen LogP) is 2.53. The monoisotopic (exact) mass is 384 g/mol. The number of Topliss-reactive ketones (excluding diaryl/α,β-unsaturated/α-hetero) is 1. The summed E-state index contributed by atoms with van der Waals surface area (Å²) in [6.07, 6.45) is 7.60. The Morgan fingerprint density at radius 2 is 1.81 bits per heavy atom. The van der Waals surface area contributed by atoms with Crippen LogP contribution in [0.2, 0.25) is 0 Å². The van der Waals surface area contributed by atoms with E-state index < -0.39 is 18.3 Å². The smallest absolute Gasteiger partial charge is 0.305 e. The van der Waals surface area contributed by atoms with Gasteiger partial charge >= 0.3 is 5.97 Å². The molecule has 0 amide bonds. The first-order valence-corrected chi connectivity index (χ1v) is 10.2. The summed E-state index contributed by atoms with van der Waals surface area (Å²) >= 11 is 0. The Bertz CT molecular complexity index is 475. The molecule has 3 N–H and O–H groups in total. The second kappa shape index (κ2) is 13.0. The first kappa shape index (κ1) is 23.8. The van der Waals surface area contributed by atoms with Crippen molar-refractivity contribution in [3.05, 3.63) is 12.2 Å². The van der Waals surface area contributed by atoms with Crippen molar-refractivity contribution < 1.29 is 29.6 Å². The van der Waals surface area contributed by atoms with Crippen LogP contribution in [0.3, 0.4) is 0 Å². The van der Waals surface area contributed by atoms with Crippen molar-refractivity contribution >= 4 is 11.8 Å². The van der Waals surface area contributed by atoms with Crippen LogP contribution in [-0.2, 0) is 14.3 Å². The van der Waals surface area contributed by atoms with Gasteiger partial charge < -0.3 is 20.1 Å². The Kier molecular flexibility index (Phi) is 11.5. The van der Waals surface area contributed by atoms with E-state index in [1.54, 1.807) is 12.2 Å². The molecule has 0 saturated heterocycles. The lowest BCUT2D eigenvalue weighted by atomic mass is 9.87. The minimum absolute atomic E-state index is 0.0277. The summed E-state index contributed by atoms with van der Waals surface area (Å²) in [7, 11) is 1.34. The molecule has 156 valence electrons. The van der Waals surface area contributed by atoms with Crippen LogP contribution in [0.1, 0.15) is 71.1 Å². The van der Waals surface area contributed by atoms with Gasteiger partial charge in [-0.3, -0.25) is 9.59 Å². The van der Waals surface area contributed by atoms with Crippen molar-refractivity contribution in [2.75, 3.05) is 7.11 Å². The highest BCUT2D eigenvalue weighted by Crippen LogP contribution is 2.36. The second-order valence-corrected chi connectivity index (χ2v) is 7.59. The number of rotatable bonds is 13. The van der Waals surface area contributed by atoms with Gasteiger partial charge in [-0.25, -0.2) is 0 Å². The number of esters is 1. The van der Waals surface area contributed by atoms with Gasteiger partial charge in [-0.15, -0.1) is 0 Å². The standard InChI is InChI=1S/C21H36O6/c1-3-4-5-8-15(22)11-12-17-18(20(25)14-19(17)24)13-16(23)9-6-7-10-21(26)27-2/h11-12,15,17-20,22,24-25H,3-10,13-14H2,1-2H3/b12-11+/t15-,17+,18+,19+,20+/m0/s1. The third kappa shape index (κ3) is 9.00. The maximum Gasteiger partial charge on any atom is 0.305 e. The van der Waals surface area contributed by atoms with E-state index in [1.165, 1.54) is 7.11 Å². The number of ketones is 1. The van der Waals surface area contributed by atoms with Crippen molar-refractivity contribution in [2.45, 2.75) is 89.4 Å². The molecule has 27 heavy (non-hydrogen) atoms. The van der Waals surface area contributed by atoms with Crippen LogP contribution in [-0.4, -0.2) is 52.5 Å². The Morgan fingerprint density at radius 3 is 2.48 bits per heavy atom. The van der Waals surface area contributed by atoms with E-state index in [2.05, 4.69) is 11.7 Å². The van der Waals surface area contributed by atoms with Crippen molar-refractivity contribution in [1.29, 1.82) is 0 Å². The summed E-state index contributed by atoms with van der Waals surface area (Å²) in [5.74, 6) is -0.897. The van der Waals surface area contributed by atoms with Crippen LogP contribution >= 0.6 is 0 Å². The molecule has 0 aromatic rings. The molecule has 0 aromatic carbocycles. The summed E-state index contributed by atoms with van der Waals surface area (Å²) in [6, 6.07) is 0. The largest absolute Gasteiger partial charge is 0.469 e. The number of ether oxygens (including phenoxy) is 1. The highest BCUT2D eigenvalue weighted by molar-refractivity contribution is 5.78. The molecule has 1 rings (SSSR count). The molecule has 0 spiro atoms. The number of unbranched alkanes of at least 4 members (excludes halogenated alkanes) is 3. The molecule has 0 aliphatic heterocycles. The van der Waals surface area contributed by atoms with E-state index in [4.69, 9.17) is 0 Å². The van der Waals surface area contributed by atoms with E-state index in [-0.39, 0.29) is 36.4 Å². The minimum Gasteiger partial charge on any atom is -0.469 e. The van der Waals surface area contributed by atoms with Crippen molar-refractivity contribution in [2.24, 2.45) is 11.8 Å². The van der Waals surface area contributed by atoms with Crippen molar-refractivity contribution in [3.8, 4) is 0 Å². The Labute approximate surface area is 162 Å². The predicted molar refractivity (Wildman–Crippen MR) is 103 cm³/mol. The van der Waals surface area contributed by atoms with Crippen LogP contribution in [0.15, 0.2) is 12.2 Å². The minimum atomic E-state index is -0.717. The number of carbonyl (C=O) groups is 2. The van der Waals surface area contributed by atoms with Crippen LogP contribution < -0.4 is 0 Å². The van der Waals surface area contributed by atoms with Gasteiger partial charge in [0.05, 0.1) is 25.4 Å². The lowest BCUT2D eigenvalue weighted by Gasteiger charge is -2.20. The lowest BCUT2D eigenvalue weighted by molar-refractivity contribution is -0.140. The van der Waals surface area contributed by atoms with Crippen LogP contribution in [0, 0.1) is 11.8 Å². The molecular weight excluding hydrogens is 348 g/mol. The van der Waals surface area contributed by atoms with Crippen LogP contribution in [0.25, 0.3) is 0 Å². The van der Waals surface area contributed by atoms with Gasteiger partial charge in [-0.05, 0) is 19.3 Å². The van der Waals surface area contributed by atoms with E-state index in [9.17, 15) is 24.9 Å². The van der Waals surface area contributed by atoms with E-state index in [0.717, 1.165) is 19.3 Å². The average molecular weight is 385 g/mol. The molecule has 1 aliphatic carbocycles. The molecule has 0 heterocycles. The van der Waals surface area contributed by atoms with Gasteiger partial charge in [0.1, 0.15) is 5.78 Å². The second-order valence-electron chi connectivity index (χ2n) is 7.59. The van der Waals surface area contributed by atoms with Gasteiger partial charge in [0.2, 0.25) is 0 Å². The zero-order valence-corrected chi connectivity index (χ0v) is 16.7. The summed E-state index contributed by atoms with van der Waals surface area (Å²) in [5, 5.41) is 30.5. The lowest BCUT2D eigenvalue weighted by Crippen LogP contribution is -2.24. The molecule has 0 bridgehead atoms. The highest BCUT2D eigenvalue weighted by Gasteiger charge is 2.41. The maximum atomic E-state index is 12.2. The fraction of sp³-hybridized carbons (Fsp3) is 0.810. The number of aliphatic hydroxyl groups excluding tert-OH is 3. The summed E-state index contributed by atoms with van der Waals surface area (Å²) in [4.78, 5) is 23.3. The highest BCUT2D eigenvalue weighted by atomic mass is 16.5. The fourth-order valence-electron chi connectivity index (χ4n) is 3.68. The van der Waals surface area contributed by atoms with Gasteiger partial charge in [0, 0.05) is 37.5 Å². The summed E-state index contributed by atoms with van der Waals surface area (Å²) in [5.41, 5.74) is 0. The molecule has 1 fully saturated rings. The van der Waals surface area contributed by atoms with E-state index in [0.29, 0.717) is 32.1 Å². The third-order valence-corrected chi connectivity index (χ3v) is 5.35. The van der Waals surface area contributed by atoms with Gasteiger partial charge in [0.15, 0.2) is 0 Å². The Balaban J connectivity index is 2.48.